The Morgan fingerprint density at radius 2 is 1.88 bits per heavy atom. The van der Waals surface area contributed by atoms with Crippen LogP contribution >= 0.6 is 0 Å². The van der Waals surface area contributed by atoms with Gasteiger partial charge in [0, 0.05) is 20.0 Å². The van der Waals surface area contributed by atoms with Crippen LogP contribution in [0.4, 0.5) is 0 Å². The van der Waals surface area contributed by atoms with Crippen LogP contribution in [0, 0.1) is 0 Å². The van der Waals surface area contributed by atoms with E-state index in [1.807, 2.05) is 0 Å². The lowest BCUT2D eigenvalue weighted by Crippen LogP contribution is -2.54. The monoisotopic (exact) mass is 239 g/mol. The number of piperidine rings is 1. The van der Waals surface area contributed by atoms with Gasteiger partial charge in [-0.15, -0.1) is 0 Å². The number of amides is 3. The average Bonchev–Trinajstić information content (AvgIpc) is 2.68. The van der Waals surface area contributed by atoms with Gasteiger partial charge in [0.1, 0.15) is 6.04 Å². The molecule has 6 nitrogen and oxygen atoms in total. The summed E-state index contributed by atoms with van der Waals surface area (Å²) in [5, 5.41) is 2.93. The first-order valence-corrected chi connectivity index (χ1v) is 5.84. The first-order chi connectivity index (χ1) is 8.06. The molecule has 2 aliphatic heterocycles. The smallest absolute Gasteiger partial charge is 0.251 e. The van der Waals surface area contributed by atoms with Crippen LogP contribution in [0.1, 0.15) is 19.3 Å². The zero-order valence-electron chi connectivity index (χ0n) is 10.1. The number of carbonyl (C=O) groups is 3. The van der Waals surface area contributed by atoms with Gasteiger partial charge in [0.2, 0.25) is 11.8 Å². The second kappa shape index (κ2) is 4.44. The van der Waals surface area contributed by atoms with Gasteiger partial charge in [-0.05, 0) is 19.9 Å². The Kier molecular flexibility index (Phi) is 3.15. The highest BCUT2D eigenvalue weighted by molar-refractivity contribution is 6.02. The second-order valence-electron chi connectivity index (χ2n) is 4.51. The van der Waals surface area contributed by atoms with E-state index >= 15 is 0 Å². The summed E-state index contributed by atoms with van der Waals surface area (Å²) in [7, 11) is 3.22. The molecule has 0 radical (unpaired) electrons. The number of hydrogen-bond donors (Lipinski definition) is 1. The highest BCUT2D eigenvalue weighted by atomic mass is 16.2. The summed E-state index contributed by atoms with van der Waals surface area (Å²) in [6.07, 6.45) is 1.50. The van der Waals surface area contributed by atoms with Crippen molar-refractivity contribution in [2.24, 2.45) is 0 Å². The molecule has 0 bridgehead atoms. The first-order valence-electron chi connectivity index (χ1n) is 5.84. The number of nitrogens with zero attached hydrogens (tertiary/aromatic N) is 2. The van der Waals surface area contributed by atoms with E-state index in [1.165, 1.54) is 7.05 Å². The van der Waals surface area contributed by atoms with Gasteiger partial charge in [0.15, 0.2) is 0 Å². The molecule has 17 heavy (non-hydrogen) atoms. The fraction of sp³-hybridized carbons (Fsp3) is 0.727. The average molecular weight is 239 g/mol. The van der Waals surface area contributed by atoms with E-state index in [-0.39, 0.29) is 23.8 Å². The van der Waals surface area contributed by atoms with Crippen molar-refractivity contribution in [3.8, 4) is 0 Å². The summed E-state index contributed by atoms with van der Waals surface area (Å²) in [6, 6.07) is -0.644. The van der Waals surface area contributed by atoms with E-state index in [0.29, 0.717) is 19.4 Å². The van der Waals surface area contributed by atoms with Crippen molar-refractivity contribution < 1.29 is 14.4 Å². The SMILES string of the molecule is CNC1CCN(C2CCC(=O)N(C)C2=O)C1=O. The Balaban J connectivity index is 2.11. The summed E-state index contributed by atoms with van der Waals surface area (Å²) in [5.41, 5.74) is 0. The number of likely N-dealkylation sites (N-methyl/N-ethyl adjacent to an activating group) is 2. The Morgan fingerprint density at radius 3 is 2.47 bits per heavy atom. The molecule has 2 aliphatic rings. The van der Waals surface area contributed by atoms with Crippen LogP contribution in [0.5, 0.6) is 0 Å². The summed E-state index contributed by atoms with van der Waals surface area (Å²) in [6.45, 7) is 0.586. The van der Waals surface area contributed by atoms with Gasteiger partial charge < -0.3 is 10.2 Å². The van der Waals surface area contributed by atoms with Crippen molar-refractivity contribution in [3.05, 3.63) is 0 Å². The second-order valence-corrected chi connectivity index (χ2v) is 4.51. The van der Waals surface area contributed by atoms with Crippen LogP contribution in [0.15, 0.2) is 0 Å². The molecule has 2 fully saturated rings. The molecule has 6 heteroatoms. The molecule has 2 atom stereocenters. The molecule has 2 unspecified atom stereocenters. The predicted molar refractivity (Wildman–Crippen MR) is 60.0 cm³/mol. The maximum Gasteiger partial charge on any atom is 0.251 e. The Labute approximate surface area is 99.9 Å². The first kappa shape index (κ1) is 12.0. The van der Waals surface area contributed by atoms with Crippen molar-refractivity contribution in [1.29, 1.82) is 0 Å². The van der Waals surface area contributed by atoms with E-state index in [9.17, 15) is 14.4 Å². The molecule has 0 aliphatic carbocycles. The van der Waals surface area contributed by atoms with Crippen molar-refractivity contribution in [2.45, 2.75) is 31.3 Å². The van der Waals surface area contributed by atoms with Gasteiger partial charge >= 0.3 is 0 Å². The molecule has 2 heterocycles. The number of imide groups is 1. The van der Waals surface area contributed by atoms with Gasteiger partial charge in [-0.1, -0.05) is 0 Å². The Hall–Kier alpha value is -1.43. The van der Waals surface area contributed by atoms with Crippen LogP contribution in [0.2, 0.25) is 0 Å². The minimum atomic E-state index is -0.455. The Morgan fingerprint density at radius 1 is 1.18 bits per heavy atom. The van der Waals surface area contributed by atoms with Crippen LogP contribution in [0.3, 0.4) is 0 Å². The Bertz CT molecular complexity index is 369. The molecule has 0 aromatic rings. The van der Waals surface area contributed by atoms with Crippen LogP contribution < -0.4 is 5.32 Å². The molecule has 94 valence electrons. The molecule has 0 aromatic carbocycles. The summed E-state index contributed by atoms with van der Waals surface area (Å²) in [5.74, 6) is -0.456. The van der Waals surface area contributed by atoms with E-state index in [1.54, 1.807) is 11.9 Å². The zero-order chi connectivity index (χ0) is 12.6. The third-order valence-electron chi connectivity index (χ3n) is 3.59. The van der Waals surface area contributed by atoms with Gasteiger partial charge in [-0.3, -0.25) is 19.3 Å². The lowest BCUT2D eigenvalue weighted by Gasteiger charge is -2.33. The number of hydrogen-bond acceptors (Lipinski definition) is 4. The quantitative estimate of drug-likeness (QED) is 0.625. The molecular weight excluding hydrogens is 222 g/mol. The number of rotatable bonds is 2. The molecule has 3 amide bonds. The molecule has 0 saturated carbocycles. The van der Waals surface area contributed by atoms with Crippen LogP contribution in [0.25, 0.3) is 0 Å². The lowest BCUT2D eigenvalue weighted by atomic mass is 10.0. The van der Waals surface area contributed by atoms with E-state index in [2.05, 4.69) is 5.32 Å². The largest absolute Gasteiger partial charge is 0.329 e. The van der Waals surface area contributed by atoms with Gasteiger partial charge in [-0.25, -0.2) is 0 Å². The lowest BCUT2D eigenvalue weighted by molar-refractivity contribution is -0.154. The van der Waals surface area contributed by atoms with Crippen molar-refractivity contribution >= 4 is 17.7 Å². The fourth-order valence-electron chi connectivity index (χ4n) is 2.47. The topological polar surface area (TPSA) is 69.7 Å². The van der Waals surface area contributed by atoms with Crippen LogP contribution in [-0.4, -0.2) is 60.2 Å². The number of likely N-dealkylation sites (tertiary alicyclic amines) is 2. The van der Waals surface area contributed by atoms with E-state index in [0.717, 1.165) is 11.3 Å². The van der Waals surface area contributed by atoms with E-state index < -0.39 is 6.04 Å². The van der Waals surface area contributed by atoms with Crippen molar-refractivity contribution in [3.63, 3.8) is 0 Å². The molecule has 2 saturated heterocycles. The molecule has 0 aromatic heterocycles. The third kappa shape index (κ3) is 1.93. The van der Waals surface area contributed by atoms with Gasteiger partial charge in [-0.2, -0.15) is 0 Å². The molecular formula is C11H17N3O3. The van der Waals surface area contributed by atoms with Crippen molar-refractivity contribution in [2.75, 3.05) is 20.6 Å². The van der Waals surface area contributed by atoms with E-state index in [4.69, 9.17) is 0 Å². The summed E-state index contributed by atoms with van der Waals surface area (Å²) < 4.78 is 0. The highest BCUT2D eigenvalue weighted by Crippen LogP contribution is 2.22. The van der Waals surface area contributed by atoms with Gasteiger partial charge in [0.05, 0.1) is 6.04 Å². The number of carbonyl (C=O) groups excluding carboxylic acids is 3. The maximum atomic E-state index is 12.0. The predicted octanol–water partition coefficient (Wildman–Crippen LogP) is -1.05. The maximum absolute atomic E-state index is 12.0. The van der Waals surface area contributed by atoms with Crippen LogP contribution in [-0.2, 0) is 14.4 Å². The summed E-state index contributed by atoms with van der Waals surface area (Å²) >= 11 is 0. The zero-order valence-corrected chi connectivity index (χ0v) is 10.1. The highest BCUT2D eigenvalue weighted by Gasteiger charge is 2.42. The van der Waals surface area contributed by atoms with Crippen molar-refractivity contribution in [1.82, 2.24) is 15.1 Å². The van der Waals surface area contributed by atoms with Gasteiger partial charge in [0.25, 0.3) is 5.91 Å². The molecule has 1 N–H and O–H groups in total. The number of nitrogens with one attached hydrogen (secondary N) is 1. The third-order valence-corrected chi connectivity index (χ3v) is 3.59. The minimum absolute atomic E-state index is 0.0337. The molecule has 0 spiro atoms. The summed E-state index contributed by atoms with van der Waals surface area (Å²) in [4.78, 5) is 38.0. The normalized spacial score (nSPS) is 30.4. The fourth-order valence-corrected chi connectivity index (χ4v) is 2.47. The standard InChI is InChI=1S/C11H17N3O3/c1-12-7-5-6-14(10(7)16)8-3-4-9(15)13(2)11(8)17/h7-8,12H,3-6H2,1-2H3. The molecule has 2 rings (SSSR count). The minimum Gasteiger partial charge on any atom is -0.329 e.